The smallest absolute Gasteiger partial charge is 0.303 e. The maximum atomic E-state index is 11.8. The summed E-state index contributed by atoms with van der Waals surface area (Å²) >= 11 is 0. The third-order valence-electron chi connectivity index (χ3n) is 3.08. The first-order chi connectivity index (χ1) is 10.0. The maximum Gasteiger partial charge on any atom is 0.303 e. The third-order valence-corrected chi connectivity index (χ3v) is 3.08. The topological polar surface area (TPSA) is 107 Å². The van der Waals surface area contributed by atoms with Crippen LogP contribution in [0, 0.1) is 0 Å². The summed E-state index contributed by atoms with van der Waals surface area (Å²) in [4.78, 5) is 22.1. The Morgan fingerprint density at radius 2 is 1.67 bits per heavy atom. The van der Waals surface area contributed by atoms with Crippen LogP contribution in [-0.2, 0) is 4.79 Å². The zero-order chi connectivity index (χ0) is 15.7. The zero-order valence-corrected chi connectivity index (χ0v) is 11.8. The number of carboxylic acid groups (broad SMARTS) is 1. The Morgan fingerprint density at radius 1 is 1.00 bits per heavy atom. The largest absolute Gasteiger partial charge is 0.508 e. The van der Waals surface area contributed by atoms with Gasteiger partial charge in [-0.2, -0.15) is 0 Å². The standard InChI is InChI=1S/C15H21NO5/c17-11-7-8-13(18)12(10-11)15(21)16-9-5-3-1-2-4-6-14(19)20/h7-8,10,17-18H,1-6,9H2,(H,16,21)(H,19,20). The molecule has 6 heteroatoms. The molecule has 0 heterocycles. The lowest BCUT2D eigenvalue weighted by molar-refractivity contribution is -0.137. The number of benzene rings is 1. The summed E-state index contributed by atoms with van der Waals surface area (Å²) in [5.74, 6) is -1.43. The quantitative estimate of drug-likeness (QED) is 0.413. The van der Waals surface area contributed by atoms with Crippen LogP contribution < -0.4 is 5.32 Å². The maximum absolute atomic E-state index is 11.8. The SMILES string of the molecule is O=C(O)CCCCCCCNC(=O)c1cc(O)ccc1O. The van der Waals surface area contributed by atoms with Crippen molar-refractivity contribution in [2.45, 2.75) is 38.5 Å². The van der Waals surface area contributed by atoms with Crippen molar-refractivity contribution in [2.75, 3.05) is 6.54 Å². The van der Waals surface area contributed by atoms with Crippen molar-refractivity contribution in [1.29, 1.82) is 0 Å². The highest BCUT2D eigenvalue weighted by Crippen LogP contribution is 2.21. The molecule has 1 aromatic rings. The van der Waals surface area contributed by atoms with E-state index in [0.717, 1.165) is 25.7 Å². The van der Waals surface area contributed by atoms with Gasteiger partial charge in [-0.05, 0) is 31.0 Å². The Hall–Kier alpha value is -2.24. The second kappa shape index (κ2) is 8.84. The van der Waals surface area contributed by atoms with Crippen molar-refractivity contribution in [1.82, 2.24) is 5.32 Å². The first-order valence-electron chi connectivity index (χ1n) is 7.02. The molecule has 1 amide bonds. The Morgan fingerprint density at radius 3 is 2.38 bits per heavy atom. The van der Waals surface area contributed by atoms with Crippen molar-refractivity contribution in [3.63, 3.8) is 0 Å². The molecule has 0 aliphatic rings. The Balaban J connectivity index is 2.16. The lowest BCUT2D eigenvalue weighted by Gasteiger charge is -2.07. The van der Waals surface area contributed by atoms with E-state index >= 15 is 0 Å². The van der Waals surface area contributed by atoms with Crippen LogP contribution in [0.2, 0.25) is 0 Å². The number of nitrogens with one attached hydrogen (secondary N) is 1. The lowest BCUT2D eigenvalue weighted by atomic mass is 10.1. The Labute approximate surface area is 123 Å². The van der Waals surface area contributed by atoms with Gasteiger partial charge in [0, 0.05) is 13.0 Å². The number of unbranched alkanes of at least 4 members (excludes halogenated alkanes) is 4. The molecule has 0 fully saturated rings. The van der Waals surface area contributed by atoms with Gasteiger partial charge in [0.15, 0.2) is 0 Å². The first-order valence-corrected chi connectivity index (χ1v) is 7.02. The summed E-state index contributed by atoms with van der Waals surface area (Å²) in [6.07, 6.45) is 4.38. The number of carbonyl (C=O) groups excluding carboxylic acids is 1. The van der Waals surface area contributed by atoms with Gasteiger partial charge in [-0.3, -0.25) is 9.59 Å². The first kappa shape index (κ1) is 16.8. The minimum Gasteiger partial charge on any atom is -0.508 e. The number of amides is 1. The van der Waals surface area contributed by atoms with Gasteiger partial charge in [-0.15, -0.1) is 0 Å². The lowest BCUT2D eigenvalue weighted by Crippen LogP contribution is -2.24. The average Bonchev–Trinajstić information content (AvgIpc) is 2.43. The fraction of sp³-hybridized carbons (Fsp3) is 0.467. The number of hydrogen-bond acceptors (Lipinski definition) is 4. The predicted octanol–water partition coefficient (Wildman–Crippen LogP) is 2.25. The van der Waals surface area contributed by atoms with E-state index < -0.39 is 11.9 Å². The highest BCUT2D eigenvalue weighted by molar-refractivity contribution is 5.97. The molecule has 116 valence electrons. The van der Waals surface area contributed by atoms with Crippen molar-refractivity contribution < 1.29 is 24.9 Å². The van der Waals surface area contributed by atoms with Gasteiger partial charge in [0.2, 0.25) is 0 Å². The molecule has 0 radical (unpaired) electrons. The molecular formula is C15H21NO5. The fourth-order valence-electron chi connectivity index (χ4n) is 1.93. The highest BCUT2D eigenvalue weighted by atomic mass is 16.4. The minimum atomic E-state index is -0.770. The molecule has 1 aromatic carbocycles. The Bertz CT molecular complexity index is 487. The third kappa shape index (κ3) is 6.65. The van der Waals surface area contributed by atoms with Crippen LogP contribution in [-0.4, -0.2) is 33.7 Å². The number of aromatic hydroxyl groups is 2. The van der Waals surface area contributed by atoms with Gasteiger partial charge < -0.3 is 20.6 Å². The molecule has 0 atom stereocenters. The fourth-order valence-corrected chi connectivity index (χ4v) is 1.93. The zero-order valence-electron chi connectivity index (χ0n) is 11.8. The molecule has 0 bridgehead atoms. The average molecular weight is 295 g/mol. The van der Waals surface area contributed by atoms with E-state index in [1.165, 1.54) is 18.2 Å². The van der Waals surface area contributed by atoms with Gasteiger partial charge >= 0.3 is 5.97 Å². The van der Waals surface area contributed by atoms with Crippen molar-refractivity contribution in [3.05, 3.63) is 23.8 Å². The second-order valence-corrected chi connectivity index (χ2v) is 4.87. The number of aliphatic carboxylic acids is 1. The van der Waals surface area contributed by atoms with Gasteiger partial charge in [-0.25, -0.2) is 0 Å². The van der Waals surface area contributed by atoms with Gasteiger partial charge in [-0.1, -0.05) is 19.3 Å². The summed E-state index contributed by atoms with van der Waals surface area (Å²) in [6, 6.07) is 3.80. The molecule has 0 unspecified atom stereocenters. The van der Waals surface area contributed by atoms with E-state index in [-0.39, 0.29) is 23.5 Å². The molecule has 6 nitrogen and oxygen atoms in total. The molecule has 0 aliphatic carbocycles. The van der Waals surface area contributed by atoms with E-state index in [9.17, 15) is 19.8 Å². The van der Waals surface area contributed by atoms with Crippen LogP contribution in [0.15, 0.2) is 18.2 Å². The number of carboxylic acids is 1. The number of carbonyl (C=O) groups is 2. The molecule has 0 aliphatic heterocycles. The number of hydrogen-bond donors (Lipinski definition) is 4. The van der Waals surface area contributed by atoms with Crippen LogP contribution in [0.1, 0.15) is 48.9 Å². The van der Waals surface area contributed by atoms with E-state index in [0.29, 0.717) is 13.0 Å². The molecule has 0 spiro atoms. The Kier molecular flexibility index (Phi) is 7.08. The van der Waals surface area contributed by atoms with E-state index in [4.69, 9.17) is 5.11 Å². The van der Waals surface area contributed by atoms with E-state index in [1.807, 2.05) is 0 Å². The summed E-state index contributed by atoms with van der Waals surface area (Å²) in [6.45, 7) is 0.479. The molecule has 0 aromatic heterocycles. The van der Waals surface area contributed by atoms with Crippen LogP contribution in [0.5, 0.6) is 11.5 Å². The number of rotatable bonds is 9. The minimum absolute atomic E-state index is 0.0523. The second-order valence-electron chi connectivity index (χ2n) is 4.87. The van der Waals surface area contributed by atoms with Crippen molar-refractivity contribution >= 4 is 11.9 Å². The van der Waals surface area contributed by atoms with E-state index in [2.05, 4.69) is 5.32 Å². The number of phenols is 2. The molecule has 0 saturated carbocycles. The number of phenolic OH excluding ortho intramolecular Hbond substituents is 2. The van der Waals surface area contributed by atoms with Gasteiger partial charge in [0.1, 0.15) is 11.5 Å². The predicted molar refractivity (Wildman–Crippen MR) is 77.4 cm³/mol. The van der Waals surface area contributed by atoms with E-state index in [1.54, 1.807) is 0 Å². The van der Waals surface area contributed by atoms with Crippen LogP contribution in [0.25, 0.3) is 0 Å². The van der Waals surface area contributed by atoms with Crippen LogP contribution in [0.4, 0.5) is 0 Å². The summed E-state index contributed by atoms with van der Waals surface area (Å²) < 4.78 is 0. The molecule has 1 rings (SSSR count). The van der Waals surface area contributed by atoms with Gasteiger partial charge in [0.25, 0.3) is 5.91 Å². The van der Waals surface area contributed by atoms with Crippen LogP contribution in [0.3, 0.4) is 0 Å². The monoisotopic (exact) mass is 295 g/mol. The van der Waals surface area contributed by atoms with Crippen molar-refractivity contribution in [3.8, 4) is 11.5 Å². The normalized spacial score (nSPS) is 10.3. The highest BCUT2D eigenvalue weighted by Gasteiger charge is 2.11. The molecule has 4 N–H and O–H groups in total. The molecule has 0 saturated heterocycles. The summed E-state index contributed by atoms with van der Waals surface area (Å²) in [7, 11) is 0. The summed E-state index contributed by atoms with van der Waals surface area (Å²) in [5, 5.41) is 30.0. The molecular weight excluding hydrogens is 274 g/mol. The van der Waals surface area contributed by atoms with Gasteiger partial charge in [0.05, 0.1) is 5.56 Å². The summed E-state index contributed by atoms with van der Waals surface area (Å²) in [5.41, 5.74) is 0.0523. The molecule has 21 heavy (non-hydrogen) atoms. The van der Waals surface area contributed by atoms with Crippen molar-refractivity contribution in [2.24, 2.45) is 0 Å². The van der Waals surface area contributed by atoms with Crippen LogP contribution >= 0.6 is 0 Å².